The Kier molecular flexibility index (Phi) is 3.91. The molecule has 1 aromatic carbocycles. The smallest absolute Gasteiger partial charge is 0.338 e. The van der Waals surface area contributed by atoms with Crippen LogP contribution in [-0.4, -0.2) is 23.7 Å². The molecular formula is C13H15NO3S. The molecule has 1 atom stereocenters. The number of benzene rings is 1. The van der Waals surface area contributed by atoms with Crippen LogP contribution in [0, 0.1) is 0 Å². The Labute approximate surface area is 110 Å². The summed E-state index contributed by atoms with van der Waals surface area (Å²) in [5.41, 5.74) is 1.16. The van der Waals surface area contributed by atoms with Crippen molar-refractivity contribution in [2.75, 3.05) is 11.9 Å². The third-order valence-electron chi connectivity index (χ3n) is 2.58. The molecule has 1 aliphatic rings. The average molecular weight is 265 g/mol. The van der Waals surface area contributed by atoms with E-state index < -0.39 is 0 Å². The maximum atomic E-state index is 11.7. The summed E-state index contributed by atoms with van der Waals surface area (Å²) in [5.74, 6) is -0.385. The Morgan fingerprint density at radius 2 is 2.28 bits per heavy atom. The topological polar surface area (TPSA) is 55.4 Å². The highest BCUT2D eigenvalue weighted by Gasteiger charge is 2.23. The first kappa shape index (κ1) is 13.0. The lowest BCUT2D eigenvalue weighted by Crippen LogP contribution is -2.26. The Balaban J connectivity index is 2.19. The molecule has 0 spiro atoms. The lowest BCUT2D eigenvalue weighted by molar-refractivity contribution is -0.115. The van der Waals surface area contributed by atoms with Gasteiger partial charge in [0.15, 0.2) is 0 Å². The monoisotopic (exact) mass is 265 g/mol. The molecule has 1 heterocycles. The number of hydrogen-bond acceptors (Lipinski definition) is 4. The largest absolute Gasteiger partial charge is 0.462 e. The number of carbonyl (C=O) groups is 2. The zero-order valence-corrected chi connectivity index (χ0v) is 11.2. The van der Waals surface area contributed by atoms with Crippen LogP contribution in [0.1, 0.15) is 30.6 Å². The van der Waals surface area contributed by atoms with E-state index in [-0.39, 0.29) is 17.1 Å². The zero-order valence-electron chi connectivity index (χ0n) is 10.4. The first-order valence-corrected chi connectivity index (χ1v) is 6.78. The van der Waals surface area contributed by atoms with Gasteiger partial charge in [0, 0.05) is 4.90 Å². The van der Waals surface area contributed by atoms with Crippen molar-refractivity contribution >= 4 is 29.3 Å². The van der Waals surface area contributed by atoms with Crippen LogP contribution in [0.2, 0.25) is 0 Å². The van der Waals surface area contributed by atoms with Crippen molar-refractivity contribution in [3.63, 3.8) is 0 Å². The van der Waals surface area contributed by atoms with E-state index in [9.17, 15) is 9.59 Å². The molecule has 1 aromatic rings. The molecule has 0 saturated heterocycles. The first-order valence-electron chi connectivity index (χ1n) is 5.90. The lowest BCUT2D eigenvalue weighted by atomic mass is 10.2. The maximum Gasteiger partial charge on any atom is 0.338 e. The number of carbonyl (C=O) groups excluding carboxylic acids is 2. The summed E-state index contributed by atoms with van der Waals surface area (Å²) in [7, 11) is 0. The SMILES string of the molecule is CCCOC(=O)c1ccc2c(c1)NC(=O)[C@H](C)S2. The quantitative estimate of drug-likeness (QED) is 0.854. The van der Waals surface area contributed by atoms with E-state index in [0.29, 0.717) is 17.9 Å². The van der Waals surface area contributed by atoms with Gasteiger partial charge in [0.1, 0.15) is 0 Å². The van der Waals surface area contributed by atoms with Crippen LogP contribution in [0.25, 0.3) is 0 Å². The molecule has 5 heteroatoms. The summed E-state index contributed by atoms with van der Waals surface area (Å²) in [4.78, 5) is 24.2. The van der Waals surface area contributed by atoms with E-state index >= 15 is 0 Å². The minimum absolute atomic E-state index is 0.0356. The van der Waals surface area contributed by atoms with Gasteiger partial charge < -0.3 is 10.1 Å². The van der Waals surface area contributed by atoms with Gasteiger partial charge in [-0.15, -0.1) is 11.8 Å². The number of esters is 1. The molecule has 96 valence electrons. The van der Waals surface area contributed by atoms with Crippen molar-refractivity contribution in [2.24, 2.45) is 0 Å². The molecule has 18 heavy (non-hydrogen) atoms. The standard InChI is InChI=1S/C13H15NO3S/c1-3-6-17-13(16)9-4-5-11-10(7-9)14-12(15)8(2)18-11/h4-5,7-8H,3,6H2,1-2H3,(H,14,15)/t8-/m0/s1. The highest BCUT2D eigenvalue weighted by molar-refractivity contribution is 8.00. The van der Waals surface area contributed by atoms with Crippen molar-refractivity contribution in [3.05, 3.63) is 23.8 Å². The molecule has 0 aliphatic carbocycles. The Morgan fingerprint density at radius 3 is 3.00 bits per heavy atom. The highest BCUT2D eigenvalue weighted by atomic mass is 32.2. The second-order valence-electron chi connectivity index (χ2n) is 4.10. The molecule has 0 saturated carbocycles. The average Bonchev–Trinajstić information content (AvgIpc) is 2.36. The van der Waals surface area contributed by atoms with E-state index in [1.54, 1.807) is 12.1 Å². The molecule has 4 nitrogen and oxygen atoms in total. The summed E-state index contributed by atoms with van der Waals surface area (Å²) >= 11 is 1.49. The van der Waals surface area contributed by atoms with E-state index in [1.165, 1.54) is 11.8 Å². The van der Waals surface area contributed by atoms with Crippen molar-refractivity contribution in [1.29, 1.82) is 0 Å². The molecule has 1 N–H and O–H groups in total. The summed E-state index contributed by atoms with van der Waals surface area (Å²) < 4.78 is 5.06. The number of thioether (sulfide) groups is 1. The minimum atomic E-state index is -0.350. The number of hydrogen-bond donors (Lipinski definition) is 1. The van der Waals surface area contributed by atoms with Gasteiger partial charge in [0.25, 0.3) is 0 Å². The number of fused-ring (bicyclic) bond motifs is 1. The fraction of sp³-hybridized carbons (Fsp3) is 0.385. The normalized spacial score (nSPS) is 17.9. The van der Waals surface area contributed by atoms with Crippen LogP contribution in [-0.2, 0) is 9.53 Å². The molecule has 1 aliphatic heterocycles. The summed E-state index contributed by atoms with van der Waals surface area (Å²) in [5, 5.41) is 2.69. The van der Waals surface area contributed by atoms with Crippen molar-refractivity contribution < 1.29 is 14.3 Å². The zero-order chi connectivity index (χ0) is 13.1. The minimum Gasteiger partial charge on any atom is -0.462 e. The molecular weight excluding hydrogens is 250 g/mol. The number of anilines is 1. The number of ether oxygens (including phenoxy) is 1. The van der Waals surface area contributed by atoms with Crippen LogP contribution >= 0.6 is 11.8 Å². The fourth-order valence-electron chi connectivity index (χ4n) is 1.61. The highest BCUT2D eigenvalue weighted by Crippen LogP contribution is 2.35. The van der Waals surface area contributed by atoms with Gasteiger partial charge in [-0.2, -0.15) is 0 Å². The predicted octanol–water partition coefficient (Wildman–Crippen LogP) is 2.69. The first-order chi connectivity index (χ1) is 8.61. The van der Waals surface area contributed by atoms with Crippen molar-refractivity contribution in [3.8, 4) is 0 Å². The van der Waals surface area contributed by atoms with Gasteiger partial charge >= 0.3 is 5.97 Å². The molecule has 0 fully saturated rings. The third kappa shape index (κ3) is 2.67. The summed E-state index contributed by atoms with van der Waals surface area (Å²) in [6.45, 7) is 4.21. The summed E-state index contributed by atoms with van der Waals surface area (Å²) in [6.07, 6.45) is 0.792. The molecule has 1 amide bonds. The van der Waals surface area contributed by atoms with Crippen LogP contribution in [0.3, 0.4) is 0 Å². The second-order valence-corrected chi connectivity index (χ2v) is 5.48. The van der Waals surface area contributed by atoms with Gasteiger partial charge in [-0.05, 0) is 31.5 Å². The van der Waals surface area contributed by atoms with Crippen molar-refractivity contribution in [1.82, 2.24) is 0 Å². The Morgan fingerprint density at radius 1 is 1.50 bits per heavy atom. The molecule has 0 unspecified atom stereocenters. The van der Waals surface area contributed by atoms with E-state index in [2.05, 4.69) is 5.32 Å². The van der Waals surface area contributed by atoms with Gasteiger partial charge in [0.05, 0.1) is 23.1 Å². The Hall–Kier alpha value is -1.49. The Bertz CT molecular complexity index is 487. The third-order valence-corrected chi connectivity index (χ3v) is 3.76. The van der Waals surface area contributed by atoms with Gasteiger partial charge in [-0.3, -0.25) is 4.79 Å². The molecule has 0 aromatic heterocycles. The number of nitrogens with one attached hydrogen (secondary N) is 1. The van der Waals surface area contributed by atoms with Crippen LogP contribution < -0.4 is 5.32 Å². The van der Waals surface area contributed by atoms with Gasteiger partial charge in [-0.1, -0.05) is 6.92 Å². The number of rotatable bonds is 3. The molecule has 0 bridgehead atoms. The van der Waals surface area contributed by atoms with Crippen LogP contribution in [0.5, 0.6) is 0 Å². The number of amides is 1. The van der Waals surface area contributed by atoms with Crippen LogP contribution in [0.15, 0.2) is 23.1 Å². The maximum absolute atomic E-state index is 11.7. The van der Waals surface area contributed by atoms with Crippen LogP contribution in [0.4, 0.5) is 5.69 Å². The van der Waals surface area contributed by atoms with Crippen molar-refractivity contribution in [2.45, 2.75) is 30.4 Å². The lowest BCUT2D eigenvalue weighted by Gasteiger charge is -2.21. The van der Waals surface area contributed by atoms with Gasteiger partial charge in [-0.25, -0.2) is 4.79 Å². The molecule has 2 rings (SSSR count). The van der Waals surface area contributed by atoms with E-state index in [1.807, 2.05) is 19.9 Å². The second kappa shape index (κ2) is 5.44. The predicted molar refractivity (Wildman–Crippen MR) is 71.0 cm³/mol. The van der Waals surface area contributed by atoms with E-state index in [4.69, 9.17) is 4.74 Å². The summed E-state index contributed by atoms with van der Waals surface area (Å²) in [6, 6.07) is 5.25. The fourth-order valence-corrected chi connectivity index (χ4v) is 2.54. The van der Waals surface area contributed by atoms with E-state index in [0.717, 1.165) is 11.3 Å². The molecule has 0 radical (unpaired) electrons. The van der Waals surface area contributed by atoms with Gasteiger partial charge in [0.2, 0.25) is 5.91 Å².